The summed E-state index contributed by atoms with van der Waals surface area (Å²) in [4.78, 5) is 12.3. The Kier molecular flexibility index (Phi) is 6.67. The van der Waals surface area contributed by atoms with E-state index in [1.807, 2.05) is 55.5 Å². The fourth-order valence-corrected chi connectivity index (χ4v) is 2.54. The van der Waals surface area contributed by atoms with Gasteiger partial charge in [0.1, 0.15) is 11.5 Å². The third-order valence-electron chi connectivity index (χ3n) is 4.08. The van der Waals surface area contributed by atoms with Crippen molar-refractivity contribution < 1.29 is 14.3 Å². The molecule has 2 rings (SSSR count). The standard InChI is InChI=1S/C22H29NO3/c1-6-25-20-9-7-8-17(14-20)15-23-21(24)16(2)26-19-12-10-18(11-13-19)22(3,4)5/h7-14,16H,6,15H2,1-5H3,(H,23,24)/t16-/m1/s1. The predicted octanol–water partition coefficient (Wildman–Crippen LogP) is 4.47. The van der Waals surface area contributed by atoms with E-state index in [2.05, 4.69) is 26.1 Å². The summed E-state index contributed by atoms with van der Waals surface area (Å²) in [6.45, 7) is 11.3. The zero-order valence-electron chi connectivity index (χ0n) is 16.3. The largest absolute Gasteiger partial charge is 0.494 e. The van der Waals surface area contributed by atoms with Gasteiger partial charge in [-0.3, -0.25) is 4.79 Å². The third-order valence-corrected chi connectivity index (χ3v) is 4.08. The molecule has 0 aromatic heterocycles. The molecule has 0 unspecified atom stereocenters. The van der Waals surface area contributed by atoms with E-state index < -0.39 is 6.10 Å². The van der Waals surface area contributed by atoms with Crippen LogP contribution in [-0.4, -0.2) is 18.6 Å². The van der Waals surface area contributed by atoms with Gasteiger partial charge in [0.25, 0.3) is 5.91 Å². The van der Waals surface area contributed by atoms with Gasteiger partial charge in [-0.2, -0.15) is 0 Å². The second-order valence-electron chi connectivity index (χ2n) is 7.33. The summed E-state index contributed by atoms with van der Waals surface area (Å²) < 4.78 is 11.2. The lowest BCUT2D eigenvalue weighted by Gasteiger charge is -2.20. The highest BCUT2D eigenvalue weighted by Gasteiger charge is 2.16. The second-order valence-corrected chi connectivity index (χ2v) is 7.33. The van der Waals surface area contributed by atoms with Crippen molar-refractivity contribution in [2.45, 2.75) is 52.7 Å². The van der Waals surface area contributed by atoms with Crippen molar-refractivity contribution in [3.8, 4) is 11.5 Å². The van der Waals surface area contributed by atoms with E-state index in [1.165, 1.54) is 5.56 Å². The molecule has 1 N–H and O–H groups in total. The lowest BCUT2D eigenvalue weighted by Crippen LogP contribution is -2.35. The molecule has 4 nitrogen and oxygen atoms in total. The van der Waals surface area contributed by atoms with E-state index in [1.54, 1.807) is 6.92 Å². The Morgan fingerprint density at radius 3 is 2.38 bits per heavy atom. The number of benzene rings is 2. The quantitative estimate of drug-likeness (QED) is 0.797. The van der Waals surface area contributed by atoms with Gasteiger partial charge in [-0.1, -0.05) is 45.0 Å². The summed E-state index contributed by atoms with van der Waals surface area (Å²) in [5, 5.41) is 2.90. The van der Waals surface area contributed by atoms with E-state index >= 15 is 0 Å². The number of hydrogen-bond acceptors (Lipinski definition) is 3. The van der Waals surface area contributed by atoms with Gasteiger partial charge in [-0.25, -0.2) is 0 Å². The number of carbonyl (C=O) groups excluding carboxylic acids is 1. The molecule has 4 heteroatoms. The molecule has 1 atom stereocenters. The zero-order valence-corrected chi connectivity index (χ0v) is 16.3. The van der Waals surface area contributed by atoms with Crippen molar-refractivity contribution in [2.24, 2.45) is 0 Å². The van der Waals surface area contributed by atoms with Crippen molar-refractivity contribution in [3.05, 3.63) is 59.7 Å². The van der Waals surface area contributed by atoms with Gasteiger partial charge in [0.15, 0.2) is 6.10 Å². The van der Waals surface area contributed by atoms with E-state index in [-0.39, 0.29) is 11.3 Å². The second kappa shape index (κ2) is 8.75. The average molecular weight is 355 g/mol. The highest BCUT2D eigenvalue weighted by molar-refractivity contribution is 5.80. The van der Waals surface area contributed by atoms with Crippen LogP contribution < -0.4 is 14.8 Å². The van der Waals surface area contributed by atoms with Crippen LogP contribution in [0.1, 0.15) is 45.7 Å². The van der Waals surface area contributed by atoms with E-state index in [9.17, 15) is 4.79 Å². The van der Waals surface area contributed by atoms with Crippen LogP contribution >= 0.6 is 0 Å². The molecule has 0 aliphatic heterocycles. The van der Waals surface area contributed by atoms with Crippen LogP contribution in [0.4, 0.5) is 0 Å². The number of nitrogens with one attached hydrogen (secondary N) is 1. The molecule has 2 aromatic rings. The van der Waals surface area contributed by atoms with Gasteiger partial charge in [0, 0.05) is 6.54 Å². The zero-order chi connectivity index (χ0) is 19.2. The molecule has 2 aromatic carbocycles. The summed E-state index contributed by atoms with van der Waals surface area (Å²) in [6.07, 6.45) is -0.564. The first-order chi connectivity index (χ1) is 12.3. The van der Waals surface area contributed by atoms with Gasteiger partial charge in [0.05, 0.1) is 6.61 Å². The van der Waals surface area contributed by atoms with Gasteiger partial charge < -0.3 is 14.8 Å². The van der Waals surface area contributed by atoms with Gasteiger partial charge in [-0.05, 0) is 54.7 Å². The van der Waals surface area contributed by atoms with E-state index in [4.69, 9.17) is 9.47 Å². The number of rotatable bonds is 7. The maximum Gasteiger partial charge on any atom is 0.261 e. The Morgan fingerprint density at radius 2 is 1.77 bits per heavy atom. The molecule has 1 amide bonds. The molecule has 0 fully saturated rings. The fraction of sp³-hybridized carbons (Fsp3) is 0.409. The summed E-state index contributed by atoms with van der Waals surface area (Å²) in [5.74, 6) is 1.35. The summed E-state index contributed by atoms with van der Waals surface area (Å²) in [5.41, 5.74) is 2.32. The Labute approximate surface area is 156 Å². The van der Waals surface area contributed by atoms with Gasteiger partial charge in [-0.15, -0.1) is 0 Å². The van der Waals surface area contributed by atoms with E-state index in [0.717, 1.165) is 11.3 Å². The maximum atomic E-state index is 12.3. The number of ether oxygens (including phenoxy) is 2. The molecule has 26 heavy (non-hydrogen) atoms. The summed E-state index contributed by atoms with van der Waals surface area (Å²) in [6, 6.07) is 15.6. The Bertz CT molecular complexity index is 717. The Morgan fingerprint density at radius 1 is 1.08 bits per heavy atom. The summed E-state index contributed by atoms with van der Waals surface area (Å²) in [7, 11) is 0. The van der Waals surface area contributed by atoms with Crippen LogP contribution in [0.25, 0.3) is 0 Å². The first-order valence-corrected chi connectivity index (χ1v) is 9.06. The number of amides is 1. The van der Waals surface area contributed by atoms with Crippen LogP contribution in [0, 0.1) is 0 Å². The minimum absolute atomic E-state index is 0.0948. The molecule has 0 spiro atoms. The normalized spacial score (nSPS) is 12.3. The lowest BCUT2D eigenvalue weighted by molar-refractivity contribution is -0.127. The van der Waals surface area contributed by atoms with Crippen molar-refractivity contribution in [2.75, 3.05) is 6.61 Å². The van der Waals surface area contributed by atoms with Crippen LogP contribution in [0.15, 0.2) is 48.5 Å². The van der Waals surface area contributed by atoms with Crippen molar-refractivity contribution in [1.29, 1.82) is 0 Å². The van der Waals surface area contributed by atoms with Crippen molar-refractivity contribution >= 4 is 5.91 Å². The smallest absolute Gasteiger partial charge is 0.261 e. The van der Waals surface area contributed by atoms with Crippen molar-refractivity contribution in [3.63, 3.8) is 0 Å². The molecule has 0 radical (unpaired) electrons. The first kappa shape index (κ1) is 19.8. The molecule has 0 heterocycles. The molecular weight excluding hydrogens is 326 g/mol. The third kappa shape index (κ3) is 5.80. The van der Waals surface area contributed by atoms with Gasteiger partial charge in [0.2, 0.25) is 0 Å². The topological polar surface area (TPSA) is 47.6 Å². The lowest BCUT2D eigenvalue weighted by atomic mass is 9.87. The van der Waals surface area contributed by atoms with Crippen LogP contribution in [0.3, 0.4) is 0 Å². The van der Waals surface area contributed by atoms with Gasteiger partial charge >= 0.3 is 0 Å². The van der Waals surface area contributed by atoms with Crippen molar-refractivity contribution in [1.82, 2.24) is 5.32 Å². The monoisotopic (exact) mass is 355 g/mol. The SMILES string of the molecule is CCOc1cccc(CNC(=O)[C@@H](C)Oc2ccc(C(C)(C)C)cc2)c1. The fourth-order valence-electron chi connectivity index (χ4n) is 2.54. The minimum atomic E-state index is -0.564. The Balaban J connectivity index is 1.88. The highest BCUT2D eigenvalue weighted by atomic mass is 16.5. The molecular formula is C22H29NO3. The first-order valence-electron chi connectivity index (χ1n) is 9.06. The maximum absolute atomic E-state index is 12.3. The van der Waals surface area contributed by atoms with E-state index in [0.29, 0.717) is 18.9 Å². The Hall–Kier alpha value is -2.49. The molecule has 0 saturated heterocycles. The van der Waals surface area contributed by atoms with Crippen LogP contribution in [0.2, 0.25) is 0 Å². The highest BCUT2D eigenvalue weighted by Crippen LogP contribution is 2.24. The van der Waals surface area contributed by atoms with Crippen LogP contribution in [-0.2, 0) is 16.8 Å². The molecule has 0 saturated carbocycles. The minimum Gasteiger partial charge on any atom is -0.494 e. The molecule has 0 bridgehead atoms. The predicted molar refractivity (Wildman–Crippen MR) is 105 cm³/mol. The average Bonchev–Trinajstić information content (AvgIpc) is 2.60. The molecule has 0 aliphatic rings. The molecule has 0 aliphatic carbocycles. The summed E-state index contributed by atoms with van der Waals surface area (Å²) >= 11 is 0. The van der Waals surface area contributed by atoms with Crippen LogP contribution in [0.5, 0.6) is 11.5 Å². The molecule has 140 valence electrons. The number of hydrogen-bond donors (Lipinski definition) is 1. The number of carbonyl (C=O) groups is 1.